The van der Waals surface area contributed by atoms with E-state index in [9.17, 15) is 19.2 Å². The SMILES string of the molecule is O=C1NC(=O)C(C(CC(=O)c2ccc(Oc3ccccc3)cc2)c2ccccc2)C(=O)N1. The summed E-state index contributed by atoms with van der Waals surface area (Å²) in [6.45, 7) is 0. The molecular weight excluding hydrogens is 408 g/mol. The molecule has 2 N–H and O–H groups in total. The van der Waals surface area contributed by atoms with Gasteiger partial charge in [-0.25, -0.2) is 4.79 Å². The Bertz CT molecular complexity index is 1120. The van der Waals surface area contributed by atoms with Gasteiger partial charge in [0.05, 0.1) is 0 Å². The smallest absolute Gasteiger partial charge is 0.328 e. The van der Waals surface area contributed by atoms with Crippen molar-refractivity contribution in [3.05, 3.63) is 96.1 Å². The number of barbiturate groups is 1. The molecule has 0 radical (unpaired) electrons. The number of ether oxygens (including phenoxy) is 1. The van der Waals surface area contributed by atoms with Gasteiger partial charge in [0, 0.05) is 17.9 Å². The molecule has 7 nitrogen and oxygen atoms in total. The number of rotatable bonds is 7. The summed E-state index contributed by atoms with van der Waals surface area (Å²) in [6.07, 6.45) is -0.0808. The van der Waals surface area contributed by atoms with Gasteiger partial charge in [0.2, 0.25) is 11.8 Å². The van der Waals surface area contributed by atoms with E-state index in [1.54, 1.807) is 54.6 Å². The molecule has 32 heavy (non-hydrogen) atoms. The number of para-hydroxylation sites is 1. The Morgan fingerprint density at radius 2 is 1.28 bits per heavy atom. The minimum Gasteiger partial charge on any atom is -0.457 e. The number of carbonyl (C=O) groups excluding carboxylic acids is 4. The van der Waals surface area contributed by atoms with Gasteiger partial charge in [0.25, 0.3) is 0 Å². The highest BCUT2D eigenvalue weighted by Gasteiger charge is 2.41. The molecule has 3 aromatic rings. The predicted octanol–water partition coefficient (Wildman–Crippen LogP) is 3.82. The number of amides is 4. The van der Waals surface area contributed by atoms with Crippen LogP contribution in [0.15, 0.2) is 84.9 Å². The van der Waals surface area contributed by atoms with Crippen LogP contribution in [-0.2, 0) is 9.59 Å². The topological polar surface area (TPSA) is 102 Å². The lowest BCUT2D eigenvalue weighted by atomic mass is 9.79. The van der Waals surface area contributed by atoms with Crippen molar-refractivity contribution in [3.63, 3.8) is 0 Å². The predicted molar refractivity (Wildman–Crippen MR) is 116 cm³/mol. The molecule has 0 aliphatic carbocycles. The van der Waals surface area contributed by atoms with Crippen LogP contribution in [0, 0.1) is 5.92 Å². The lowest BCUT2D eigenvalue weighted by Gasteiger charge is -2.28. The fourth-order valence-electron chi connectivity index (χ4n) is 3.67. The van der Waals surface area contributed by atoms with Crippen molar-refractivity contribution in [2.24, 2.45) is 5.92 Å². The largest absolute Gasteiger partial charge is 0.457 e. The zero-order valence-corrected chi connectivity index (χ0v) is 17.0. The van der Waals surface area contributed by atoms with E-state index in [4.69, 9.17) is 4.74 Å². The number of benzene rings is 3. The quantitative estimate of drug-likeness (QED) is 0.440. The van der Waals surface area contributed by atoms with Crippen molar-refractivity contribution in [3.8, 4) is 11.5 Å². The Morgan fingerprint density at radius 1 is 0.750 bits per heavy atom. The zero-order chi connectivity index (χ0) is 22.5. The van der Waals surface area contributed by atoms with Crippen molar-refractivity contribution in [2.45, 2.75) is 12.3 Å². The third-order valence-electron chi connectivity index (χ3n) is 5.23. The molecule has 0 aromatic heterocycles. The molecule has 1 aliphatic rings. The molecule has 1 heterocycles. The molecule has 1 saturated heterocycles. The van der Waals surface area contributed by atoms with Gasteiger partial charge < -0.3 is 4.74 Å². The highest BCUT2D eigenvalue weighted by atomic mass is 16.5. The van der Waals surface area contributed by atoms with Crippen LogP contribution >= 0.6 is 0 Å². The van der Waals surface area contributed by atoms with Crippen LogP contribution in [0.3, 0.4) is 0 Å². The maximum Gasteiger partial charge on any atom is 0.328 e. The third kappa shape index (κ3) is 4.73. The molecule has 0 saturated carbocycles. The molecule has 1 unspecified atom stereocenters. The lowest BCUT2D eigenvalue weighted by Crippen LogP contribution is -2.57. The lowest BCUT2D eigenvalue weighted by molar-refractivity contribution is -0.136. The molecule has 4 amide bonds. The van der Waals surface area contributed by atoms with Gasteiger partial charge in [-0.3, -0.25) is 25.0 Å². The monoisotopic (exact) mass is 428 g/mol. The van der Waals surface area contributed by atoms with Crippen LogP contribution in [0.1, 0.15) is 28.3 Å². The second-order valence-corrected chi connectivity index (χ2v) is 7.37. The standard InChI is InChI=1S/C25H20N2O5/c28-21(17-11-13-19(14-12-17)32-18-9-5-2-6-10-18)15-20(16-7-3-1-4-8-16)22-23(29)26-25(31)27-24(22)30/h1-14,20,22H,15H2,(H2,26,27,29,30,31). The van der Waals surface area contributed by atoms with Crippen molar-refractivity contribution in [1.29, 1.82) is 0 Å². The molecule has 1 aliphatic heterocycles. The number of nitrogens with one attached hydrogen (secondary N) is 2. The minimum atomic E-state index is -1.19. The van der Waals surface area contributed by atoms with Gasteiger partial charge in [-0.05, 0) is 42.0 Å². The molecule has 1 fully saturated rings. The molecule has 3 aromatic carbocycles. The fraction of sp³-hybridized carbons (Fsp3) is 0.120. The van der Waals surface area contributed by atoms with Gasteiger partial charge in [0.15, 0.2) is 5.78 Å². The van der Waals surface area contributed by atoms with Gasteiger partial charge in [-0.1, -0.05) is 48.5 Å². The summed E-state index contributed by atoms with van der Waals surface area (Å²) in [4.78, 5) is 49.4. The van der Waals surface area contributed by atoms with Crippen molar-refractivity contribution >= 4 is 23.6 Å². The highest BCUT2D eigenvalue weighted by molar-refractivity contribution is 6.17. The fourth-order valence-corrected chi connectivity index (χ4v) is 3.67. The van der Waals surface area contributed by atoms with Crippen LogP contribution in [0.25, 0.3) is 0 Å². The van der Waals surface area contributed by atoms with Crippen LogP contribution in [0.5, 0.6) is 11.5 Å². The second kappa shape index (κ2) is 9.26. The van der Waals surface area contributed by atoms with Crippen LogP contribution in [-0.4, -0.2) is 23.6 Å². The van der Waals surface area contributed by atoms with E-state index >= 15 is 0 Å². The first-order chi connectivity index (χ1) is 15.5. The first-order valence-electron chi connectivity index (χ1n) is 10.1. The molecule has 160 valence electrons. The summed E-state index contributed by atoms with van der Waals surface area (Å²) in [5, 5.41) is 4.23. The summed E-state index contributed by atoms with van der Waals surface area (Å²) >= 11 is 0. The summed E-state index contributed by atoms with van der Waals surface area (Å²) in [5.74, 6) is -2.32. The van der Waals surface area contributed by atoms with E-state index in [2.05, 4.69) is 10.6 Å². The molecular formula is C25H20N2O5. The number of urea groups is 1. The Morgan fingerprint density at radius 3 is 1.88 bits per heavy atom. The normalized spacial score (nSPS) is 14.9. The van der Waals surface area contributed by atoms with Crippen LogP contribution in [0.4, 0.5) is 4.79 Å². The highest BCUT2D eigenvalue weighted by Crippen LogP contribution is 2.32. The Kier molecular flexibility index (Phi) is 6.07. The van der Waals surface area contributed by atoms with Gasteiger partial charge >= 0.3 is 6.03 Å². The van der Waals surface area contributed by atoms with E-state index < -0.39 is 29.7 Å². The molecule has 0 bridgehead atoms. The number of hydrogen-bond donors (Lipinski definition) is 2. The summed E-state index contributed by atoms with van der Waals surface area (Å²) in [6, 6.07) is 23.9. The van der Waals surface area contributed by atoms with E-state index in [1.807, 2.05) is 30.3 Å². The number of ketones is 1. The zero-order valence-electron chi connectivity index (χ0n) is 17.0. The van der Waals surface area contributed by atoms with Crippen molar-refractivity contribution in [1.82, 2.24) is 10.6 Å². The molecule has 1 atom stereocenters. The maximum atomic E-state index is 13.0. The number of hydrogen-bond acceptors (Lipinski definition) is 5. The van der Waals surface area contributed by atoms with Crippen LogP contribution < -0.4 is 15.4 Å². The van der Waals surface area contributed by atoms with E-state index in [0.717, 1.165) is 0 Å². The Balaban J connectivity index is 1.54. The van der Waals surface area contributed by atoms with Crippen molar-refractivity contribution in [2.75, 3.05) is 0 Å². The summed E-state index contributed by atoms with van der Waals surface area (Å²) in [7, 11) is 0. The maximum absolute atomic E-state index is 13.0. The number of Topliss-reactive ketones (excluding diaryl/α,β-unsaturated/α-hetero) is 1. The molecule has 7 heteroatoms. The molecule has 0 spiro atoms. The van der Waals surface area contributed by atoms with Gasteiger partial charge in [-0.2, -0.15) is 0 Å². The first kappa shape index (κ1) is 21.0. The number of imide groups is 2. The van der Waals surface area contributed by atoms with E-state index in [0.29, 0.717) is 22.6 Å². The van der Waals surface area contributed by atoms with Gasteiger partial charge in [-0.15, -0.1) is 0 Å². The summed E-state index contributed by atoms with van der Waals surface area (Å²) < 4.78 is 5.75. The first-order valence-corrected chi connectivity index (χ1v) is 10.1. The van der Waals surface area contributed by atoms with Crippen LogP contribution in [0.2, 0.25) is 0 Å². The number of carbonyl (C=O) groups is 4. The third-order valence-corrected chi connectivity index (χ3v) is 5.23. The second-order valence-electron chi connectivity index (χ2n) is 7.37. The van der Waals surface area contributed by atoms with Crippen molar-refractivity contribution < 1.29 is 23.9 Å². The average molecular weight is 428 g/mol. The molecule has 4 rings (SSSR count). The van der Waals surface area contributed by atoms with E-state index in [1.165, 1.54) is 0 Å². The van der Waals surface area contributed by atoms with E-state index in [-0.39, 0.29) is 12.2 Å². The van der Waals surface area contributed by atoms with Gasteiger partial charge in [0.1, 0.15) is 17.4 Å². The summed E-state index contributed by atoms with van der Waals surface area (Å²) in [5.41, 5.74) is 1.09. The Labute approximate surface area is 184 Å². The Hall–Kier alpha value is -4.26. The average Bonchev–Trinajstić information content (AvgIpc) is 2.79. The minimum absolute atomic E-state index is 0.0808.